The Morgan fingerprint density at radius 3 is 2.48 bits per heavy atom. The van der Waals surface area contributed by atoms with Crippen LogP contribution in [0, 0.1) is 11.3 Å². The van der Waals surface area contributed by atoms with Gasteiger partial charge in [0.1, 0.15) is 0 Å². The van der Waals surface area contributed by atoms with Gasteiger partial charge in [-0.3, -0.25) is 4.90 Å². The van der Waals surface area contributed by atoms with Crippen molar-refractivity contribution in [3.05, 3.63) is 0 Å². The summed E-state index contributed by atoms with van der Waals surface area (Å²) in [7, 11) is 0. The molecule has 3 aliphatic rings. The number of piperidine rings is 1. The van der Waals surface area contributed by atoms with Crippen molar-refractivity contribution in [2.75, 3.05) is 13.1 Å². The highest BCUT2D eigenvalue weighted by molar-refractivity contribution is 5.01. The third-order valence-corrected chi connectivity index (χ3v) is 7.00. The van der Waals surface area contributed by atoms with Crippen molar-refractivity contribution in [2.45, 2.75) is 96.1 Å². The summed E-state index contributed by atoms with van der Waals surface area (Å²) in [6.07, 6.45) is 15.5. The average Bonchev–Trinajstić information content (AvgIpc) is 2.66. The average molecular weight is 293 g/mol. The Labute approximate surface area is 131 Å². The molecule has 0 aromatic carbocycles. The smallest absolute Gasteiger partial charge is 0.0335 e. The fourth-order valence-electron chi connectivity index (χ4n) is 5.54. The maximum absolute atomic E-state index is 6.41. The van der Waals surface area contributed by atoms with Crippen LogP contribution in [0.1, 0.15) is 84.5 Å². The van der Waals surface area contributed by atoms with Crippen molar-refractivity contribution in [1.82, 2.24) is 4.90 Å². The molecule has 2 nitrogen and oxygen atoms in total. The minimum absolute atomic E-state index is 0.328. The van der Waals surface area contributed by atoms with Gasteiger partial charge in [0.05, 0.1) is 0 Å². The van der Waals surface area contributed by atoms with Crippen molar-refractivity contribution >= 4 is 0 Å². The summed E-state index contributed by atoms with van der Waals surface area (Å²) < 4.78 is 0. The van der Waals surface area contributed by atoms with Crippen LogP contribution in [0.25, 0.3) is 0 Å². The Balaban J connectivity index is 1.80. The molecule has 3 fully saturated rings. The first-order valence-electron chi connectivity index (χ1n) is 9.53. The molecule has 3 rings (SSSR count). The van der Waals surface area contributed by atoms with Gasteiger partial charge in [-0.1, -0.05) is 33.1 Å². The summed E-state index contributed by atoms with van der Waals surface area (Å²) in [5.41, 5.74) is 7.26. The molecule has 1 saturated heterocycles. The lowest BCUT2D eigenvalue weighted by Crippen LogP contribution is -2.61. The highest BCUT2D eigenvalue weighted by atomic mass is 15.2. The third kappa shape index (κ3) is 3.17. The molecule has 0 spiro atoms. The highest BCUT2D eigenvalue weighted by Gasteiger charge is 2.45. The van der Waals surface area contributed by atoms with E-state index in [0.717, 1.165) is 18.5 Å². The molecule has 0 amide bonds. The zero-order valence-corrected chi connectivity index (χ0v) is 14.4. The number of hydrogen-bond acceptors (Lipinski definition) is 2. The quantitative estimate of drug-likeness (QED) is 0.768. The Morgan fingerprint density at radius 2 is 1.67 bits per heavy atom. The summed E-state index contributed by atoms with van der Waals surface area (Å²) >= 11 is 0. The molecule has 2 aliphatic carbocycles. The van der Waals surface area contributed by atoms with Gasteiger partial charge < -0.3 is 5.73 Å². The zero-order valence-electron chi connectivity index (χ0n) is 14.4. The van der Waals surface area contributed by atoms with Crippen LogP contribution in [-0.4, -0.2) is 29.6 Å². The van der Waals surface area contributed by atoms with Crippen LogP contribution in [0.4, 0.5) is 0 Å². The van der Waals surface area contributed by atoms with Crippen molar-refractivity contribution in [3.63, 3.8) is 0 Å². The minimum atomic E-state index is 0.328. The molecule has 0 aromatic rings. The summed E-state index contributed by atoms with van der Waals surface area (Å²) in [5.74, 6) is 0.979. The summed E-state index contributed by atoms with van der Waals surface area (Å²) in [6, 6.07) is 0.859. The molecule has 0 bridgehead atoms. The number of hydrogen-bond donors (Lipinski definition) is 1. The highest BCUT2D eigenvalue weighted by Crippen LogP contribution is 2.45. The fourth-order valence-corrected chi connectivity index (χ4v) is 5.54. The Kier molecular flexibility index (Phi) is 4.66. The number of nitrogens with zero attached hydrogens (tertiary/aromatic N) is 1. The van der Waals surface area contributed by atoms with Gasteiger partial charge in [0.2, 0.25) is 0 Å². The van der Waals surface area contributed by atoms with Crippen LogP contribution in [0.15, 0.2) is 0 Å². The molecular formula is C19H36N2. The van der Waals surface area contributed by atoms with Gasteiger partial charge in [-0.25, -0.2) is 0 Å². The maximum Gasteiger partial charge on any atom is 0.0335 e. The van der Waals surface area contributed by atoms with Gasteiger partial charge in [-0.2, -0.15) is 0 Å². The predicted molar refractivity (Wildman–Crippen MR) is 90.3 cm³/mol. The van der Waals surface area contributed by atoms with Gasteiger partial charge in [0, 0.05) is 18.1 Å². The second kappa shape index (κ2) is 6.20. The van der Waals surface area contributed by atoms with Crippen molar-refractivity contribution < 1.29 is 0 Å². The van der Waals surface area contributed by atoms with Crippen molar-refractivity contribution in [1.29, 1.82) is 0 Å². The maximum atomic E-state index is 6.41. The number of fused-ring (bicyclic) bond motifs is 1. The van der Waals surface area contributed by atoms with E-state index in [0.29, 0.717) is 11.0 Å². The van der Waals surface area contributed by atoms with E-state index in [9.17, 15) is 0 Å². The van der Waals surface area contributed by atoms with Crippen LogP contribution in [0.2, 0.25) is 0 Å². The molecule has 1 heterocycles. The SMILES string of the molecule is CC1(C)CCCC(CN)(N2CCCC3CCCCC32)CC1. The monoisotopic (exact) mass is 292 g/mol. The topological polar surface area (TPSA) is 29.3 Å². The van der Waals surface area contributed by atoms with E-state index in [1.807, 2.05) is 0 Å². The number of nitrogens with two attached hydrogens (primary N) is 1. The second-order valence-electron chi connectivity index (χ2n) is 8.89. The first kappa shape index (κ1) is 15.8. The molecular weight excluding hydrogens is 256 g/mol. The molecule has 0 aromatic heterocycles. The van der Waals surface area contributed by atoms with E-state index < -0.39 is 0 Å². The van der Waals surface area contributed by atoms with Crippen LogP contribution in [0.3, 0.4) is 0 Å². The first-order valence-corrected chi connectivity index (χ1v) is 9.53. The van der Waals surface area contributed by atoms with E-state index >= 15 is 0 Å². The molecule has 21 heavy (non-hydrogen) atoms. The Morgan fingerprint density at radius 1 is 0.905 bits per heavy atom. The van der Waals surface area contributed by atoms with Crippen LogP contribution < -0.4 is 5.73 Å². The summed E-state index contributed by atoms with van der Waals surface area (Å²) in [4.78, 5) is 2.93. The van der Waals surface area contributed by atoms with Crippen molar-refractivity contribution in [2.24, 2.45) is 17.1 Å². The van der Waals surface area contributed by atoms with Gasteiger partial charge >= 0.3 is 0 Å². The fraction of sp³-hybridized carbons (Fsp3) is 1.00. The number of rotatable bonds is 2. The summed E-state index contributed by atoms with van der Waals surface area (Å²) in [5, 5.41) is 0. The molecule has 3 unspecified atom stereocenters. The van der Waals surface area contributed by atoms with E-state index in [4.69, 9.17) is 5.73 Å². The lowest BCUT2D eigenvalue weighted by molar-refractivity contribution is -0.0341. The van der Waals surface area contributed by atoms with Gasteiger partial charge in [0.15, 0.2) is 0 Å². The van der Waals surface area contributed by atoms with Gasteiger partial charge in [0.25, 0.3) is 0 Å². The van der Waals surface area contributed by atoms with Gasteiger partial charge in [-0.15, -0.1) is 0 Å². The molecule has 2 heteroatoms. The van der Waals surface area contributed by atoms with E-state index in [1.165, 1.54) is 77.2 Å². The molecule has 122 valence electrons. The molecule has 0 radical (unpaired) electrons. The third-order valence-electron chi connectivity index (χ3n) is 7.00. The van der Waals surface area contributed by atoms with E-state index in [-0.39, 0.29) is 0 Å². The Bertz CT molecular complexity index is 349. The van der Waals surface area contributed by atoms with Gasteiger partial charge in [-0.05, 0) is 69.2 Å². The second-order valence-corrected chi connectivity index (χ2v) is 8.89. The minimum Gasteiger partial charge on any atom is -0.329 e. The first-order chi connectivity index (χ1) is 10.1. The lowest BCUT2D eigenvalue weighted by Gasteiger charge is -2.54. The normalized spacial score (nSPS) is 41.3. The van der Waals surface area contributed by atoms with E-state index in [1.54, 1.807) is 0 Å². The van der Waals surface area contributed by atoms with Crippen LogP contribution in [-0.2, 0) is 0 Å². The molecule has 2 N–H and O–H groups in total. The lowest BCUT2D eigenvalue weighted by atomic mass is 9.74. The van der Waals surface area contributed by atoms with Crippen LogP contribution in [0.5, 0.6) is 0 Å². The molecule has 2 saturated carbocycles. The molecule has 3 atom stereocenters. The standard InChI is InChI=1S/C19H36N2/c1-18(2)10-6-11-19(15-20,13-12-18)21-14-5-8-16-7-3-4-9-17(16)21/h16-17H,3-15,20H2,1-2H3. The zero-order chi connectivity index (χ0) is 14.9. The van der Waals surface area contributed by atoms with Crippen molar-refractivity contribution in [3.8, 4) is 0 Å². The Hall–Kier alpha value is -0.0800. The predicted octanol–water partition coefficient (Wildman–Crippen LogP) is 4.33. The van der Waals surface area contributed by atoms with Crippen LogP contribution >= 0.6 is 0 Å². The number of likely N-dealkylation sites (tertiary alicyclic amines) is 1. The van der Waals surface area contributed by atoms with E-state index in [2.05, 4.69) is 18.7 Å². The molecule has 1 aliphatic heterocycles. The summed E-state index contributed by atoms with van der Waals surface area (Å²) in [6.45, 7) is 7.11. The largest absolute Gasteiger partial charge is 0.329 e.